The number of H-pyrrole nitrogens is 1. The molecular weight excluding hydrogens is 280 g/mol. The molecule has 20 heavy (non-hydrogen) atoms. The van der Waals surface area contributed by atoms with E-state index in [1.807, 2.05) is 30.4 Å². The minimum atomic E-state index is -0.860. The Balaban J connectivity index is 2.04. The van der Waals surface area contributed by atoms with Crippen LogP contribution in [0.5, 0.6) is 5.75 Å². The number of fused-ring (bicyclic) bond motifs is 1. The third-order valence-electron chi connectivity index (χ3n) is 2.35. The first kappa shape index (κ1) is 14.2. The molecule has 8 heteroatoms. The highest BCUT2D eigenvalue weighted by atomic mass is 32.2. The molecule has 0 aliphatic carbocycles. The number of nitrogens with zero attached hydrogens (tertiary/aromatic N) is 1. The number of hydrogen-bond donors (Lipinski definition) is 3. The van der Waals surface area contributed by atoms with Crippen LogP contribution in [0.25, 0.3) is 11.0 Å². The van der Waals surface area contributed by atoms with Gasteiger partial charge in [0.2, 0.25) is 5.91 Å². The largest absolute Gasteiger partial charge is 0.494 e. The summed E-state index contributed by atoms with van der Waals surface area (Å²) in [6, 6.07) is 4.66. The number of amides is 3. The van der Waals surface area contributed by atoms with E-state index >= 15 is 0 Å². The second-order valence-electron chi connectivity index (χ2n) is 3.86. The minimum absolute atomic E-state index is 0.0566. The molecule has 0 saturated carbocycles. The van der Waals surface area contributed by atoms with Crippen LogP contribution in [0.3, 0.4) is 0 Å². The van der Waals surface area contributed by atoms with Gasteiger partial charge >= 0.3 is 6.03 Å². The van der Waals surface area contributed by atoms with E-state index in [-0.39, 0.29) is 5.75 Å². The molecule has 2 rings (SSSR count). The number of rotatable bonds is 5. The molecule has 4 N–H and O–H groups in total. The number of imidazole rings is 1. The highest BCUT2D eigenvalue weighted by Gasteiger charge is 2.09. The van der Waals surface area contributed by atoms with Crippen molar-refractivity contribution >= 4 is 34.7 Å². The third kappa shape index (κ3) is 3.64. The number of primary amides is 1. The molecule has 0 spiro atoms. The molecule has 0 unspecified atom stereocenters. The van der Waals surface area contributed by atoms with Gasteiger partial charge in [-0.1, -0.05) is 11.8 Å². The van der Waals surface area contributed by atoms with Gasteiger partial charge in [0.05, 0.1) is 23.4 Å². The number of urea groups is 1. The molecule has 0 bridgehead atoms. The summed E-state index contributed by atoms with van der Waals surface area (Å²) in [5.41, 5.74) is 6.46. The lowest BCUT2D eigenvalue weighted by atomic mass is 10.3. The zero-order valence-electron chi connectivity index (χ0n) is 10.8. The normalized spacial score (nSPS) is 10.4. The Hall–Kier alpha value is -2.22. The Kier molecular flexibility index (Phi) is 4.46. The molecule has 2 aromatic rings. The summed E-state index contributed by atoms with van der Waals surface area (Å²) in [4.78, 5) is 29.2. The summed E-state index contributed by atoms with van der Waals surface area (Å²) < 4.78 is 5.40. The number of hydrogen-bond acceptors (Lipinski definition) is 5. The molecule has 0 fully saturated rings. The minimum Gasteiger partial charge on any atom is -0.494 e. The fourth-order valence-electron chi connectivity index (χ4n) is 1.60. The summed E-state index contributed by atoms with van der Waals surface area (Å²) in [6.07, 6.45) is 0. The van der Waals surface area contributed by atoms with E-state index < -0.39 is 11.9 Å². The average molecular weight is 294 g/mol. The number of imide groups is 1. The van der Waals surface area contributed by atoms with E-state index in [9.17, 15) is 9.59 Å². The van der Waals surface area contributed by atoms with Crippen molar-refractivity contribution < 1.29 is 14.3 Å². The molecule has 1 aromatic carbocycles. The maximum Gasteiger partial charge on any atom is 0.318 e. The molecule has 0 aliphatic rings. The molecule has 106 valence electrons. The van der Waals surface area contributed by atoms with Crippen LogP contribution in [0.15, 0.2) is 23.4 Å². The quantitative estimate of drug-likeness (QED) is 0.719. The van der Waals surface area contributed by atoms with Gasteiger partial charge in [0.15, 0.2) is 5.16 Å². The molecule has 1 heterocycles. The van der Waals surface area contributed by atoms with Crippen molar-refractivity contribution in [1.29, 1.82) is 0 Å². The highest BCUT2D eigenvalue weighted by Crippen LogP contribution is 2.23. The zero-order valence-corrected chi connectivity index (χ0v) is 11.6. The lowest BCUT2D eigenvalue weighted by Crippen LogP contribution is -2.36. The van der Waals surface area contributed by atoms with Crippen LogP contribution in [0, 0.1) is 0 Å². The van der Waals surface area contributed by atoms with E-state index in [1.54, 1.807) is 0 Å². The topological polar surface area (TPSA) is 110 Å². The van der Waals surface area contributed by atoms with Crippen LogP contribution < -0.4 is 15.8 Å². The molecule has 0 atom stereocenters. The number of carbonyl (C=O) groups is 2. The van der Waals surface area contributed by atoms with Gasteiger partial charge in [0, 0.05) is 6.07 Å². The first-order chi connectivity index (χ1) is 9.58. The highest BCUT2D eigenvalue weighted by molar-refractivity contribution is 7.99. The van der Waals surface area contributed by atoms with Crippen LogP contribution in [0.1, 0.15) is 6.92 Å². The Morgan fingerprint density at radius 1 is 1.50 bits per heavy atom. The second kappa shape index (κ2) is 6.29. The molecule has 3 amide bonds. The van der Waals surface area contributed by atoms with E-state index in [1.165, 1.54) is 11.8 Å². The summed E-state index contributed by atoms with van der Waals surface area (Å²) in [7, 11) is 0. The third-order valence-corrected chi connectivity index (χ3v) is 3.22. The lowest BCUT2D eigenvalue weighted by Gasteiger charge is -2.00. The number of aromatic nitrogens is 2. The molecular formula is C12H14N4O3S. The number of thioether (sulfide) groups is 1. The summed E-state index contributed by atoms with van der Waals surface area (Å²) >= 11 is 1.19. The van der Waals surface area contributed by atoms with Crippen molar-refractivity contribution in [3.63, 3.8) is 0 Å². The molecule has 0 saturated heterocycles. The van der Waals surface area contributed by atoms with E-state index in [2.05, 4.69) is 9.97 Å². The van der Waals surface area contributed by atoms with Gasteiger partial charge in [-0.2, -0.15) is 0 Å². The van der Waals surface area contributed by atoms with Crippen molar-refractivity contribution in [2.45, 2.75) is 12.1 Å². The molecule has 1 aromatic heterocycles. The lowest BCUT2D eigenvalue weighted by molar-refractivity contribution is -0.117. The SMILES string of the molecule is CCOc1ccc2nc(SCC(=O)NC(N)=O)[nH]c2c1. The van der Waals surface area contributed by atoms with Gasteiger partial charge < -0.3 is 15.5 Å². The summed E-state index contributed by atoms with van der Waals surface area (Å²) in [5.74, 6) is 0.353. The first-order valence-corrected chi connectivity index (χ1v) is 6.91. The molecule has 0 aliphatic heterocycles. The van der Waals surface area contributed by atoms with Crippen molar-refractivity contribution in [3.8, 4) is 5.75 Å². The number of nitrogens with two attached hydrogens (primary N) is 1. The van der Waals surface area contributed by atoms with Gasteiger partial charge in [-0.15, -0.1) is 0 Å². The van der Waals surface area contributed by atoms with Crippen LogP contribution in [-0.4, -0.2) is 34.3 Å². The Morgan fingerprint density at radius 2 is 2.30 bits per heavy atom. The van der Waals surface area contributed by atoms with Crippen molar-refractivity contribution in [3.05, 3.63) is 18.2 Å². The van der Waals surface area contributed by atoms with Gasteiger partial charge in [0.1, 0.15) is 5.75 Å². The average Bonchev–Trinajstić information content (AvgIpc) is 2.78. The Labute approximate surface area is 119 Å². The number of ether oxygens (including phenoxy) is 1. The van der Waals surface area contributed by atoms with Crippen molar-refractivity contribution in [1.82, 2.24) is 15.3 Å². The van der Waals surface area contributed by atoms with Crippen LogP contribution >= 0.6 is 11.8 Å². The zero-order chi connectivity index (χ0) is 14.5. The predicted molar refractivity (Wildman–Crippen MR) is 75.7 cm³/mol. The molecule has 7 nitrogen and oxygen atoms in total. The van der Waals surface area contributed by atoms with Gasteiger partial charge in [-0.25, -0.2) is 9.78 Å². The van der Waals surface area contributed by atoms with E-state index in [4.69, 9.17) is 10.5 Å². The second-order valence-corrected chi connectivity index (χ2v) is 4.82. The monoisotopic (exact) mass is 294 g/mol. The number of aromatic amines is 1. The van der Waals surface area contributed by atoms with Crippen LogP contribution in [0.4, 0.5) is 4.79 Å². The fraction of sp³-hybridized carbons (Fsp3) is 0.250. The Bertz CT molecular complexity index is 641. The van der Waals surface area contributed by atoms with Gasteiger partial charge in [-0.3, -0.25) is 10.1 Å². The standard InChI is InChI=1S/C12H14N4O3S/c1-2-19-7-3-4-8-9(5-7)15-12(14-8)20-6-10(17)16-11(13)18/h3-5H,2,6H2,1H3,(H,14,15)(H3,13,16,17,18). The number of carbonyl (C=O) groups excluding carboxylic acids is 2. The van der Waals surface area contributed by atoms with Crippen molar-refractivity contribution in [2.24, 2.45) is 5.73 Å². The number of benzene rings is 1. The van der Waals surface area contributed by atoms with E-state index in [0.717, 1.165) is 16.8 Å². The summed E-state index contributed by atoms with van der Waals surface area (Å²) in [5, 5.41) is 2.58. The van der Waals surface area contributed by atoms with Crippen LogP contribution in [0.2, 0.25) is 0 Å². The maximum absolute atomic E-state index is 11.3. The van der Waals surface area contributed by atoms with Crippen LogP contribution in [-0.2, 0) is 4.79 Å². The number of nitrogens with one attached hydrogen (secondary N) is 2. The van der Waals surface area contributed by atoms with Crippen molar-refractivity contribution in [2.75, 3.05) is 12.4 Å². The first-order valence-electron chi connectivity index (χ1n) is 5.93. The smallest absolute Gasteiger partial charge is 0.318 e. The molecule has 0 radical (unpaired) electrons. The summed E-state index contributed by atoms with van der Waals surface area (Å²) in [6.45, 7) is 2.50. The van der Waals surface area contributed by atoms with E-state index in [0.29, 0.717) is 11.8 Å². The van der Waals surface area contributed by atoms with Gasteiger partial charge in [0.25, 0.3) is 0 Å². The maximum atomic E-state index is 11.3. The fourth-order valence-corrected chi connectivity index (χ4v) is 2.28. The van der Waals surface area contributed by atoms with Gasteiger partial charge in [-0.05, 0) is 19.1 Å². The predicted octanol–water partition coefficient (Wildman–Crippen LogP) is 1.25. The Morgan fingerprint density at radius 3 is 3.00 bits per heavy atom.